The van der Waals surface area contributed by atoms with Crippen LogP contribution in [0.4, 0.5) is 0 Å². The standard InChI is InChI=1S/C14H25/c1-3-5-7-9-11-13-14-12-10-8-6-4-2/h3,5H,1,4,6,8-14H2,2H3. The fourth-order valence-corrected chi connectivity index (χ4v) is 1.53. The maximum Gasteiger partial charge on any atom is -0.0276 e. The number of rotatable bonds is 10. The zero-order chi connectivity index (χ0) is 10.5. The highest BCUT2D eigenvalue weighted by atomic mass is 14.0. The summed E-state index contributed by atoms with van der Waals surface area (Å²) in [6.45, 7) is 5.88. The van der Waals surface area contributed by atoms with Crippen LogP contribution >= 0.6 is 0 Å². The third-order valence-electron chi connectivity index (χ3n) is 2.41. The lowest BCUT2D eigenvalue weighted by Gasteiger charge is -1.99. The maximum absolute atomic E-state index is 3.62. The van der Waals surface area contributed by atoms with Crippen LogP contribution in [0.3, 0.4) is 0 Å². The average Bonchev–Trinajstić information content (AvgIpc) is 2.21. The molecule has 0 aromatic carbocycles. The van der Waals surface area contributed by atoms with Crippen molar-refractivity contribution >= 4 is 0 Å². The van der Waals surface area contributed by atoms with Gasteiger partial charge in [0, 0.05) is 0 Å². The average molecular weight is 193 g/mol. The highest BCUT2D eigenvalue weighted by molar-refractivity contribution is 4.92. The van der Waals surface area contributed by atoms with Crippen LogP contribution in [0.1, 0.15) is 64.7 Å². The van der Waals surface area contributed by atoms with Crippen molar-refractivity contribution in [3.63, 3.8) is 0 Å². The molecule has 0 saturated carbocycles. The summed E-state index contributed by atoms with van der Waals surface area (Å²) in [7, 11) is 0. The molecule has 0 heterocycles. The van der Waals surface area contributed by atoms with Gasteiger partial charge in [0.05, 0.1) is 0 Å². The summed E-state index contributed by atoms with van der Waals surface area (Å²) in [4.78, 5) is 0. The Bertz CT molecular complexity index is 133. The normalized spacial score (nSPS) is 10.9. The van der Waals surface area contributed by atoms with Gasteiger partial charge in [-0.2, -0.15) is 0 Å². The molecule has 0 spiro atoms. The second-order valence-electron chi connectivity index (χ2n) is 3.83. The smallest absolute Gasteiger partial charge is 0.0276 e. The maximum atomic E-state index is 3.62. The minimum absolute atomic E-state index is 1.10. The Morgan fingerprint density at radius 3 is 2.07 bits per heavy atom. The van der Waals surface area contributed by atoms with E-state index < -0.39 is 0 Å². The Morgan fingerprint density at radius 2 is 1.50 bits per heavy atom. The molecule has 1 radical (unpaired) electrons. The minimum atomic E-state index is 1.10. The summed E-state index contributed by atoms with van der Waals surface area (Å²) >= 11 is 0. The van der Waals surface area contributed by atoms with E-state index in [0.29, 0.717) is 0 Å². The molecular formula is C14H25. The number of unbranched alkanes of at least 4 members (excludes halogenated alkanes) is 8. The van der Waals surface area contributed by atoms with Gasteiger partial charge in [-0.15, -0.1) is 0 Å². The Hall–Kier alpha value is -0.520. The first kappa shape index (κ1) is 13.5. The second-order valence-corrected chi connectivity index (χ2v) is 3.83. The molecule has 0 unspecified atom stereocenters. The van der Waals surface area contributed by atoms with Gasteiger partial charge in [-0.1, -0.05) is 70.6 Å². The van der Waals surface area contributed by atoms with E-state index >= 15 is 0 Å². The van der Waals surface area contributed by atoms with E-state index in [-0.39, 0.29) is 0 Å². The SMILES string of the molecule is C=C/C=[C]/CCCCCCCCCC. The third-order valence-corrected chi connectivity index (χ3v) is 2.41. The molecule has 0 atom stereocenters. The monoisotopic (exact) mass is 193 g/mol. The molecule has 0 saturated heterocycles. The Balaban J connectivity index is 2.91. The van der Waals surface area contributed by atoms with Crippen molar-refractivity contribution in [2.24, 2.45) is 0 Å². The van der Waals surface area contributed by atoms with Gasteiger partial charge in [-0.25, -0.2) is 0 Å². The van der Waals surface area contributed by atoms with Crippen molar-refractivity contribution in [2.75, 3.05) is 0 Å². The van der Waals surface area contributed by atoms with Crippen molar-refractivity contribution in [3.8, 4) is 0 Å². The van der Waals surface area contributed by atoms with Gasteiger partial charge in [0.15, 0.2) is 0 Å². The Kier molecular flexibility index (Phi) is 12.0. The molecule has 14 heavy (non-hydrogen) atoms. The molecule has 0 rings (SSSR count). The molecule has 81 valence electrons. The molecule has 0 bridgehead atoms. The van der Waals surface area contributed by atoms with Crippen LogP contribution in [0.5, 0.6) is 0 Å². The van der Waals surface area contributed by atoms with Crippen LogP contribution in [0.15, 0.2) is 18.7 Å². The largest absolute Gasteiger partial charge is 0.0991 e. The van der Waals surface area contributed by atoms with Gasteiger partial charge in [0.1, 0.15) is 0 Å². The molecule has 0 nitrogen and oxygen atoms in total. The Morgan fingerprint density at radius 1 is 0.929 bits per heavy atom. The highest BCUT2D eigenvalue weighted by Gasteiger charge is 1.89. The van der Waals surface area contributed by atoms with Crippen molar-refractivity contribution in [3.05, 3.63) is 24.8 Å². The fraction of sp³-hybridized carbons (Fsp3) is 0.714. The quantitative estimate of drug-likeness (QED) is 0.336. The van der Waals surface area contributed by atoms with E-state index in [1.54, 1.807) is 6.08 Å². The molecule has 0 fully saturated rings. The summed E-state index contributed by atoms with van der Waals surface area (Å²) in [5.41, 5.74) is 0. The summed E-state index contributed by atoms with van der Waals surface area (Å²) < 4.78 is 0. The molecule has 0 aromatic heterocycles. The lowest BCUT2D eigenvalue weighted by Crippen LogP contribution is -1.79. The molecule has 0 amide bonds. The molecule has 0 aromatic rings. The molecular weight excluding hydrogens is 168 g/mol. The fourth-order valence-electron chi connectivity index (χ4n) is 1.53. The van der Waals surface area contributed by atoms with E-state index in [9.17, 15) is 0 Å². The van der Waals surface area contributed by atoms with Crippen LogP contribution in [0, 0.1) is 6.08 Å². The van der Waals surface area contributed by atoms with Gasteiger partial charge in [-0.3, -0.25) is 0 Å². The predicted octanol–water partition coefficient (Wildman–Crippen LogP) is 5.06. The molecule has 0 heteroatoms. The van der Waals surface area contributed by atoms with E-state index in [1.165, 1.54) is 51.4 Å². The van der Waals surface area contributed by atoms with Crippen molar-refractivity contribution in [2.45, 2.75) is 64.7 Å². The summed E-state index contributed by atoms with van der Waals surface area (Å²) in [6, 6.07) is 0. The van der Waals surface area contributed by atoms with Crippen LogP contribution < -0.4 is 0 Å². The van der Waals surface area contributed by atoms with Crippen molar-refractivity contribution in [1.29, 1.82) is 0 Å². The van der Waals surface area contributed by atoms with Gasteiger partial charge in [-0.05, 0) is 18.9 Å². The zero-order valence-corrected chi connectivity index (χ0v) is 9.73. The van der Waals surface area contributed by atoms with Gasteiger partial charge < -0.3 is 0 Å². The summed E-state index contributed by atoms with van der Waals surface area (Å²) in [5, 5.41) is 0. The van der Waals surface area contributed by atoms with Gasteiger partial charge >= 0.3 is 0 Å². The van der Waals surface area contributed by atoms with Gasteiger partial charge in [0.2, 0.25) is 0 Å². The Labute approximate surface area is 90.1 Å². The number of hydrogen-bond acceptors (Lipinski definition) is 0. The first-order valence-corrected chi connectivity index (χ1v) is 6.09. The van der Waals surface area contributed by atoms with E-state index in [4.69, 9.17) is 0 Å². The van der Waals surface area contributed by atoms with Crippen molar-refractivity contribution < 1.29 is 0 Å². The second kappa shape index (κ2) is 12.5. The van der Waals surface area contributed by atoms with Crippen LogP contribution in [-0.4, -0.2) is 0 Å². The number of allylic oxidation sites excluding steroid dienone is 3. The first-order chi connectivity index (χ1) is 6.91. The molecule has 0 aliphatic heterocycles. The first-order valence-electron chi connectivity index (χ1n) is 6.09. The summed E-state index contributed by atoms with van der Waals surface area (Å²) in [6.07, 6.45) is 19.1. The highest BCUT2D eigenvalue weighted by Crippen LogP contribution is 2.09. The number of hydrogen-bond donors (Lipinski definition) is 0. The van der Waals surface area contributed by atoms with Crippen LogP contribution in [-0.2, 0) is 0 Å². The zero-order valence-electron chi connectivity index (χ0n) is 9.73. The molecule has 0 aliphatic rings. The summed E-state index contributed by atoms with van der Waals surface area (Å²) in [5.74, 6) is 0. The van der Waals surface area contributed by atoms with Crippen LogP contribution in [0.25, 0.3) is 0 Å². The predicted molar refractivity (Wildman–Crippen MR) is 65.2 cm³/mol. The van der Waals surface area contributed by atoms with E-state index in [1.807, 2.05) is 6.08 Å². The van der Waals surface area contributed by atoms with Crippen molar-refractivity contribution in [1.82, 2.24) is 0 Å². The molecule has 0 N–H and O–H groups in total. The lowest BCUT2D eigenvalue weighted by atomic mass is 10.1. The van der Waals surface area contributed by atoms with E-state index in [2.05, 4.69) is 19.6 Å². The lowest BCUT2D eigenvalue weighted by molar-refractivity contribution is 0.576. The van der Waals surface area contributed by atoms with E-state index in [0.717, 1.165) is 6.42 Å². The molecule has 0 aliphatic carbocycles. The van der Waals surface area contributed by atoms with Crippen LogP contribution in [0.2, 0.25) is 0 Å². The minimum Gasteiger partial charge on any atom is -0.0991 e. The topological polar surface area (TPSA) is 0 Å². The van der Waals surface area contributed by atoms with Gasteiger partial charge in [0.25, 0.3) is 0 Å². The third kappa shape index (κ3) is 11.5.